The number of aryl methyl sites for hydroxylation is 1. The molecule has 0 aliphatic rings. The molecule has 2 nitrogen and oxygen atoms in total. The van der Waals surface area contributed by atoms with Gasteiger partial charge in [-0.25, -0.2) is 0 Å². The lowest BCUT2D eigenvalue weighted by atomic mass is 10.1. The number of rotatable bonds is 5. The second kappa shape index (κ2) is 6.37. The smallest absolute Gasteiger partial charge is 0.387 e. The van der Waals surface area contributed by atoms with Crippen molar-refractivity contribution in [3.63, 3.8) is 0 Å². The molecule has 2 aromatic carbocycles. The molecule has 0 spiro atoms. The van der Waals surface area contributed by atoms with Crippen LogP contribution in [-0.2, 0) is 0 Å². The Hall–Kier alpha value is -2.10. The van der Waals surface area contributed by atoms with Gasteiger partial charge in [0.1, 0.15) is 5.75 Å². The van der Waals surface area contributed by atoms with Crippen LogP contribution in [0.3, 0.4) is 0 Å². The van der Waals surface area contributed by atoms with Gasteiger partial charge in [-0.3, -0.25) is 0 Å². The SMILES string of the molecule is Cc1ccc(NC(C)c2ccc(OC(F)F)cc2)cc1. The predicted octanol–water partition coefficient (Wildman–Crippen LogP) is 4.77. The Balaban J connectivity index is 2.01. The summed E-state index contributed by atoms with van der Waals surface area (Å²) in [5.74, 6) is 0.172. The van der Waals surface area contributed by atoms with E-state index in [1.807, 2.05) is 38.1 Å². The zero-order valence-corrected chi connectivity index (χ0v) is 11.4. The summed E-state index contributed by atoms with van der Waals surface area (Å²) in [6.45, 7) is 1.27. The molecule has 1 N–H and O–H groups in total. The molecule has 2 rings (SSSR count). The summed E-state index contributed by atoms with van der Waals surface area (Å²) < 4.78 is 28.5. The van der Waals surface area contributed by atoms with E-state index in [-0.39, 0.29) is 11.8 Å². The van der Waals surface area contributed by atoms with Gasteiger partial charge in [0.05, 0.1) is 0 Å². The van der Waals surface area contributed by atoms with Gasteiger partial charge in [-0.1, -0.05) is 29.8 Å². The van der Waals surface area contributed by atoms with Gasteiger partial charge in [-0.15, -0.1) is 0 Å². The zero-order chi connectivity index (χ0) is 14.5. The minimum atomic E-state index is -2.79. The molecular formula is C16H17F2NO. The summed E-state index contributed by atoms with van der Waals surface area (Å²) in [5, 5.41) is 3.36. The number of anilines is 1. The van der Waals surface area contributed by atoms with Crippen molar-refractivity contribution in [3.8, 4) is 5.75 Å². The van der Waals surface area contributed by atoms with E-state index >= 15 is 0 Å². The number of hydrogen-bond donors (Lipinski definition) is 1. The molecule has 1 unspecified atom stereocenters. The van der Waals surface area contributed by atoms with E-state index in [9.17, 15) is 8.78 Å². The minimum absolute atomic E-state index is 0.0818. The second-order valence-electron chi connectivity index (χ2n) is 4.68. The van der Waals surface area contributed by atoms with Gasteiger partial charge < -0.3 is 10.1 Å². The maximum absolute atomic E-state index is 12.1. The van der Waals surface area contributed by atoms with Crippen LogP contribution >= 0.6 is 0 Å². The van der Waals surface area contributed by atoms with E-state index in [1.165, 1.54) is 5.56 Å². The van der Waals surface area contributed by atoms with Crippen LogP contribution in [0.1, 0.15) is 24.1 Å². The van der Waals surface area contributed by atoms with Crippen molar-refractivity contribution < 1.29 is 13.5 Å². The topological polar surface area (TPSA) is 21.3 Å². The van der Waals surface area contributed by atoms with Crippen LogP contribution in [0.25, 0.3) is 0 Å². The third-order valence-electron chi connectivity index (χ3n) is 3.04. The monoisotopic (exact) mass is 277 g/mol. The van der Waals surface area contributed by atoms with E-state index in [0.29, 0.717) is 0 Å². The van der Waals surface area contributed by atoms with Crippen LogP contribution in [0.15, 0.2) is 48.5 Å². The molecule has 0 aromatic heterocycles. The normalized spacial score (nSPS) is 12.2. The summed E-state index contributed by atoms with van der Waals surface area (Å²) in [6.07, 6.45) is 0. The highest BCUT2D eigenvalue weighted by Gasteiger charge is 2.07. The molecule has 2 aromatic rings. The molecule has 0 amide bonds. The Morgan fingerprint density at radius 2 is 1.55 bits per heavy atom. The van der Waals surface area contributed by atoms with E-state index in [1.54, 1.807) is 24.3 Å². The molecule has 0 heterocycles. The third-order valence-corrected chi connectivity index (χ3v) is 3.04. The van der Waals surface area contributed by atoms with Crippen molar-refractivity contribution in [1.29, 1.82) is 0 Å². The largest absolute Gasteiger partial charge is 0.435 e. The summed E-state index contributed by atoms with van der Waals surface area (Å²) in [6, 6.07) is 14.8. The highest BCUT2D eigenvalue weighted by atomic mass is 19.3. The molecule has 0 radical (unpaired) electrons. The average Bonchev–Trinajstić information content (AvgIpc) is 2.41. The minimum Gasteiger partial charge on any atom is -0.435 e. The van der Waals surface area contributed by atoms with Crippen LogP contribution in [-0.4, -0.2) is 6.61 Å². The third kappa shape index (κ3) is 3.95. The average molecular weight is 277 g/mol. The summed E-state index contributed by atoms with van der Waals surface area (Å²) in [7, 11) is 0. The first-order chi connectivity index (χ1) is 9.54. The number of ether oxygens (including phenoxy) is 1. The highest BCUT2D eigenvalue weighted by Crippen LogP contribution is 2.22. The van der Waals surface area contributed by atoms with Gasteiger partial charge in [0.15, 0.2) is 0 Å². The van der Waals surface area contributed by atoms with Crippen LogP contribution in [0.2, 0.25) is 0 Å². The molecule has 0 aliphatic carbocycles. The van der Waals surface area contributed by atoms with Crippen molar-refractivity contribution in [2.45, 2.75) is 26.5 Å². The molecular weight excluding hydrogens is 260 g/mol. The first-order valence-electron chi connectivity index (χ1n) is 6.42. The lowest BCUT2D eigenvalue weighted by Crippen LogP contribution is -2.07. The summed E-state index contributed by atoms with van der Waals surface area (Å²) in [4.78, 5) is 0. The quantitative estimate of drug-likeness (QED) is 0.850. The standard InChI is InChI=1S/C16H17F2NO/c1-11-3-7-14(8-4-11)19-12(2)13-5-9-15(10-6-13)20-16(17)18/h3-10,12,16,19H,1-2H3. The van der Waals surface area contributed by atoms with Crippen LogP contribution in [0.5, 0.6) is 5.75 Å². The maximum atomic E-state index is 12.1. The Bertz CT molecular complexity index is 537. The molecule has 0 bridgehead atoms. The Morgan fingerprint density at radius 1 is 0.950 bits per heavy atom. The van der Waals surface area contributed by atoms with Crippen LogP contribution < -0.4 is 10.1 Å². The Morgan fingerprint density at radius 3 is 2.10 bits per heavy atom. The molecule has 20 heavy (non-hydrogen) atoms. The van der Waals surface area contributed by atoms with E-state index in [0.717, 1.165) is 11.3 Å². The molecule has 4 heteroatoms. The number of nitrogens with one attached hydrogen (secondary N) is 1. The Kier molecular flexibility index (Phi) is 4.56. The lowest BCUT2D eigenvalue weighted by Gasteiger charge is -2.16. The van der Waals surface area contributed by atoms with E-state index < -0.39 is 6.61 Å². The number of benzene rings is 2. The predicted molar refractivity (Wildman–Crippen MR) is 76.3 cm³/mol. The number of halogens is 2. The first kappa shape index (κ1) is 14.3. The van der Waals surface area contributed by atoms with Gasteiger partial charge in [-0.2, -0.15) is 8.78 Å². The summed E-state index contributed by atoms with van der Waals surface area (Å²) >= 11 is 0. The zero-order valence-electron chi connectivity index (χ0n) is 11.4. The van der Waals surface area contributed by atoms with Gasteiger partial charge in [-0.05, 0) is 43.7 Å². The molecule has 1 atom stereocenters. The van der Waals surface area contributed by atoms with Gasteiger partial charge in [0.2, 0.25) is 0 Å². The lowest BCUT2D eigenvalue weighted by molar-refractivity contribution is -0.0498. The maximum Gasteiger partial charge on any atom is 0.387 e. The van der Waals surface area contributed by atoms with Crippen LogP contribution in [0.4, 0.5) is 14.5 Å². The number of alkyl halides is 2. The van der Waals surface area contributed by atoms with Gasteiger partial charge >= 0.3 is 6.61 Å². The second-order valence-corrected chi connectivity index (χ2v) is 4.68. The molecule has 0 aliphatic heterocycles. The van der Waals surface area contributed by atoms with Crippen LogP contribution in [0, 0.1) is 6.92 Å². The molecule has 0 saturated carbocycles. The highest BCUT2D eigenvalue weighted by molar-refractivity contribution is 5.46. The van der Waals surface area contributed by atoms with Crippen molar-refractivity contribution in [3.05, 3.63) is 59.7 Å². The fourth-order valence-corrected chi connectivity index (χ4v) is 1.92. The Labute approximate surface area is 117 Å². The number of hydrogen-bond acceptors (Lipinski definition) is 2. The molecule has 0 fully saturated rings. The van der Waals surface area contributed by atoms with Crippen molar-refractivity contribution in [2.24, 2.45) is 0 Å². The van der Waals surface area contributed by atoms with Crippen molar-refractivity contribution in [2.75, 3.05) is 5.32 Å². The van der Waals surface area contributed by atoms with E-state index in [2.05, 4.69) is 10.1 Å². The first-order valence-corrected chi connectivity index (χ1v) is 6.42. The van der Waals surface area contributed by atoms with Gasteiger partial charge in [0, 0.05) is 11.7 Å². The molecule has 106 valence electrons. The van der Waals surface area contributed by atoms with E-state index in [4.69, 9.17) is 0 Å². The van der Waals surface area contributed by atoms with Gasteiger partial charge in [0.25, 0.3) is 0 Å². The summed E-state index contributed by atoms with van der Waals surface area (Å²) in [5.41, 5.74) is 3.24. The fraction of sp³-hybridized carbons (Fsp3) is 0.250. The van der Waals surface area contributed by atoms with Crippen molar-refractivity contribution >= 4 is 5.69 Å². The molecule has 0 saturated heterocycles. The van der Waals surface area contributed by atoms with Crippen molar-refractivity contribution in [1.82, 2.24) is 0 Å². The fourth-order valence-electron chi connectivity index (χ4n) is 1.92.